The first-order valence-corrected chi connectivity index (χ1v) is 6.99. The molecule has 0 aliphatic carbocycles. The van der Waals surface area contributed by atoms with Crippen LogP contribution in [0.1, 0.15) is 40.8 Å². The lowest BCUT2D eigenvalue weighted by Crippen LogP contribution is -2.19. The second kappa shape index (κ2) is 6.03. The minimum atomic E-state index is 0.270. The highest BCUT2D eigenvalue weighted by Crippen LogP contribution is 2.26. The summed E-state index contributed by atoms with van der Waals surface area (Å²) in [7, 11) is 2.03. The molecule has 1 heteroatoms. The molecule has 1 unspecified atom stereocenters. The third-order valence-electron chi connectivity index (χ3n) is 3.73. The maximum atomic E-state index is 3.45. The summed E-state index contributed by atoms with van der Waals surface area (Å²) in [4.78, 5) is 0. The Hall–Kier alpha value is -1.60. The van der Waals surface area contributed by atoms with E-state index in [1.54, 1.807) is 0 Å². The van der Waals surface area contributed by atoms with E-state index in [1.807, 2.05) is 7.05 Å². The van der Waals surface area contributed by atoms with Crippen LogP contribution < -0.4 is 5.32 Å². The van der Waals surface area contributed by atoms with Crippen LogP contribution in [-0.4, -0.2) is 7.05 Å². The molecular weight excluding hydrogens is 230 g/mol. The lowest BCUT2D eigenvalue weighted by Gasteiger charge is -2.20. The lowest BCUT2D eigenvalue weighted by atomic mass is 9.92. The van der Waals surface area contributed by atoms with Gasteiger partial charge in [0.15, 0.2) is 0 Å². The molecule has 1 atom stereocenters. The number of hydrogen-bond acceptors (Lipinski definition) is 1. The van der Waals surface area contributed by atoms with E-state index in [9.17, 15) is 0 Å². The topological polar surface area (TPSA) is 12.0 Å². The van der Waals surface area contributed by atoms with Gasteiger partial charge in [0.25, 0.3) is 0 Å². The van der Waals surface area contributed by atoms with Gasteiger partial charge >= 0.3 is 0 Å². The van der Waals surface area contributed by atoms with Crippen LogP contribution in [0.3, 0.4) is 0 Å². The summed E-state index contributed by atoms with van der Waals surface area (Å²) in [5.74, 6) is 0. The number of nitrogens with one attached hydrogen (secondary N) is 1. The van der Waals surface area contributed by atoms with E-state index >= 15 is 0 Å². The Balaban J connectivity index is 2.46. The van der Waals surface area contributed by atoms with Crippen LogP contribution in [0.5, 0.6) is 0 Å². The van der Waals surface area contributed by atoms with E-state index < -0.39 is 0 Å². The largest absolute Gasteiger partial charge is 0.309 e. The standard InChI is InChI=1S/C18H23N/c1-5-15-7-6-8-16(12-15)18(19-4)17-11-13(2)9-10-14(17)3/h6-12,18-19H,5H2,1-4H3. The minimum Gasteiger partial charge on any atom is -0.309 e. The van der Waals surface area contributed by atoms with Crippen molar-refractivity contribution in [1.82, 2.24) is 5.32 Å². The van der Waals surface area contributed by atoms with E-state index in [-0.39, 0.29) is 6.04 Å². The molecule has 2 aromatic rings. The van der Waals surface area contributed by atoms with Gasteiger partial charge in [-0.1, -0.05) is 55.0 Å². The van der Waals surface area contributed by atoms with Crippen molar-refractivity contribution in [3.8, 4) is 0 Å². The molecule has 0 spiro atoms. The molecule has 0 saturated carbocycles. The van der Waals surface area contributed by atoms with Gasteiger partial charge in [-0.2, -0.15) is 0 Å². The highest BCUT2D eigenvalue weighted by atomic mass is 14.9. The Morgan fingerprint density at radius 3 is 2.53 bits per heavy atom. The SMILES string of the molecule is CCc1cccc(C(NC)c2cc(C)ccc2C)c1. The Kier molecular flexibility index (Phi) is 4.39. The van der Waals surface area contributed by atoms with Gasteiger partial charge in [0.2, 0.25) is 0 Å². The van der Waals surface area contributed by atoms with Crippen LogP contribution in [0, 0.1) is 13.8 Å². The molecule has 1 nitrogen and oxygen atoms in total. The first-order valence-electron chi connectivity index (χ1n) is 6.99. The quantitative estimate of drug-likeness (QED) is 0.862. The normalized spacial score (nSPS) is 12.4. The molecule has 0 saturated heterocycles. The van der Waals surface area contributed by atoms with Crippen molar-refractivity contribution in [2.24, 2.45) is 0 Å². The summed E-state index contributed by atoms with van der Waals surface area (Å²) >= 11 is 0. The van der Waals surface area contributed by atoms with Gasteiger partial charge in [-0.05, 0) is 49.6 Å². The average Bonchev–Trinajstić information content (AvgIpc) is 2.44. The molecule has 2 rings (SSSR count). The smallest absolute Gasteiger partial charge is 0.0577 e. The highest BCUT2D eigenvalue weighted by molar-refractivity contribution is 5.40. The van der Waals surface area contributed by atoms with Crippen LogP contribution in [-0.2, 0) is 6.42 Å². The number of rotatable bonds is 4. The van der Waals surface area contributed by atoms with Crippen LogP contribution in [0.15, 0.2) is 42.5 Å². The van der Waals surface area contributed by atoms with Crippen LogP contribution in [0.25, 0.3) is 0 Å². The van der Waals surface area contributed by atoms with Gasteiger partial charge in [-0.15, -0.1) is 0 Å². The predicted molar refractivity (Wildman–Crippen MR) is 82.6 cm³/mol. The zero-order valence-electron chi connectivity index (χ0n) is 12.3. The molecule has 0 heterocycles. The third kappa shape index (κ3) is 3.05. The Morgan fingerprint density at radius 1 is 1.05 bits per heavy atom. The number of aryl methyl sites for hydroxylation is 3. The predicted octanol–water partition coefficient (Wildman–Crippen LogP) is 4.17. The molecule has 0 aliphatic rings. The van der Waals surface area contributed by atoms with Crippen molar-refractivity contribution in [3.63, 3.8) is 0 Å². The molecule has 0 aliphatic heterocycles. The molecule has 2 aromatic carbocycles. The van der Waals surface area contributed by atoms with Gasteiger partial charge in [-0.3, -0.25) is 0 Å². The van der Waals surface area contributed by atoms with Crippen molar-refractivity contribution >= 4 is 0 Å². The van der Waals surface area contributed by atoms with Crippen LogP contribution in [0.2, 0.25) is 0 Å². The van der Waals surface area contributed by atoms with Gasteiger partial charge in [0, 0.05) is 0 Å². The summed E-state index contributed by atoms with van der Waals surface area (Å²) in [6.45, 7) is 6.53. The first kappa shape index (κ1) is 13.8. The monoisotopic (exact) mass is 253 g/mol. The fourth-order valence-corrected chi connectivity index (χ4v) is 2.57. The number of benzene rings is 2. The molecule has 0 bridgehead atoms. The fourth-order valence-electron chi connectivity index (χ4n) is 2.57. The zero-order chi connectivity index (χ0) is 13.8. The van der Waals surface area contributed by atoms with Crippen LogP contribution in [0.4, 0.5) is 0 Å². The Labute approximate surface area is 116 Å². The second-order valence-electron chi connectivity index (χ2n) is 5.18. The van der Waals surface area contributed by atoms with Crippen molar-refractivity contribution in [2.45, 2.75) is 33.2 Å². The second-order valence-corrected chi connectivity index (χ2v) is 5.18. The van der Waals surface area contributed by atoms with Crippen molar-refractivity contribution in [2.75, 3.05) is 7.05 Å². The minimum absolute atomic E-state index is 0.270. The molecule has 100 valence electrons. The molecule has 1 N–H and O–H groups in total. The van der Waals surface area contributed by atoms with Gasteiger partial charge in [0.1, 0.15) is 0 Å². The molecule has 0 radical (unpaired) electrons. The highest BCUT2D eigenvalue weighted by Gasteiger charge is 2.14. The summed E-state index contributed by atoms with van der Waals surface area (Å²) in [6.07, 6.45) is 1.08. The van der Waals surface area contributed by atoms with E-state index in [0.717, 1.165) is 6.42 Å². The van der Waals surface area contributed by atoms with E-state index in [0.29, 0.717) is 0 Å². The van der Waals surface area contributed by atoms with E-state index in [2.05, 4.69) is 68.6 Å². The van der Waals surface area contributed by atoms with Crippen molar-refractivity contribution < 1.29 is 0 Å². The van der Waals surface area contributed by atoms with Gasteiger partial charge < -0.3 is 5.32 Å². The summed E-state index contributed by atoms with van der Waals surface area (Å²) in [5, 5.41) is 3.45. The summed E-state index contributed by atoms with van der Waals surface area (Å²) < 4.78 is 0. The molecule has 0 aromatic heterocycles. The Morgan fingerprint density at radius 2 is 1.84 bits per heavy atom. The van der Waals surface area contributed by atoms with Crippen LogP contribution >= 0.6 is 0 Å². The molecule has 0 amide bonds. The summed E-state index contributed by atoms with van der Waals surface area (Å²) in [5.41, 5.74) is 6.76. The number of hydrogen-bond donors (Lipinski definition) is 1. The zero-order valence-corrected chi connectivity index (χ0v) is 12.3. The fraction of sp³-hybridized carbons (Fsp3) is 0.333. The van der Waals surface area contributed by atoms with E-state index in [1.165, 1.54) is 27.8 Å². The molecule has 0 fully saturated rings. The lowest BCUT2D eigenvalue weighted by molar-refractivity contribution is 0.686. The maximum absolute atomic E-state index is 3.45. The maximum Gasteiger partial charge on any atom is 0.0577 e. The average molecular weight is 253 g/mol. The molecular formula is C18H23N. The van der Waals surface area contributed by atoms with Crippen molar-refractivity contribution in [3.05, 3.63) is 70.3 Å². The Bertz CT molecular complexity index is 557. The van der Waals surface area contributed by atoms with Gasteiger partial charge in [0.05, 0.1) is 6.04 Å². The van der Waals surface area contributed by atoms with Gasteiger partial charge in [-0.25, -0.2) is 0 Å². The molecule has 19 heavy (non-hydrogen) atoms. The van der Waals surface area contributed by atoms with E-state index in [4.69, 9.17) is 0 Å². The summed E-state index contributed by atoms with van der Waals surface area (Å²) in [6, 6.07) is 15.8. The first-order chi connectivity index (χ1) is 9.15. The van der Waals surface area contributed by atoms with Crippen molar-refractivity contribution in [1.29, 1.82) is 0 Å². The third-order valence-corrected chi connectivity index (χ3v) is 3.73.